The lowest BCUT2D eigenvalue weighted by Crippen LogP contribution is -2.48. The summed E-state index contributed by atoms with van der Waals surface area (Å²) in [5, 5.41) is 9.88. The Morgan fingerprint density at radius 3 is 2.90 bits per heavy atom. The van der Waals surface area contributed by atoms with E-state index in [-0.39, 0.29) is 6.61 Å². The van der Waals surface area contributed by atoms with Crippen molar-refractivity contribution in [3.8, 4) is 11.5 Å². The number of hydrogen-bond acceptors (Lipinski definition) is 5. The fourth-order valence-electron chi connectivity index (χ4n) is 2.87. The summed E-state index contributed by atoms with van der Waals surface area (Å²) >= 11 is 1.83. The summed E-state index contributed by atoms with van der Waals surface area (Å²) < 4.78 is 11.1. The molecule has 0 bridgehead atoms. The molecule has 1 heterocycles. The predicted molar refractivity (Wildman–Crippen MR) is 79.5 cm³/mol. The number of benzene rings is 1. The van der Waals surface area contributed by atoms with Crippen LogP contribution in [0.2, 0.25) is 0 Å². The van der Waals surface area contributed by atoms with E-state index in [4.69, 9.17) is 15.2 Å². The van der Waals surface area contributed by atoms with E-state index >= 15 is 0 Å². The highest BCUT2D eigenvalue weighted by atomic mass is 32.2. The van der Waals surface area contributed by atoms with Gasteiger partial charge in [-0.1, -0.05) is 6.42 Å². The summed E-state index contributed by atoms with van der Waals surface area (Å²) in [6.45, 7) is 1.31. The normalized spacial score (nSPS) is 29.2. The summed E-state index contributed by atoms with van der Waals surface area (Å²) in [7, 11) is 0. The molecule has 2 unspecified atom stereocenters. The number of hydrogen-bond donors (Lipinski definition) is 2. The van der Waals surface area contributed by atoms with Crippen molar-refractivity contribution in [2.24, 2.45) is 5.73 Å². The third-order valence-electron chi connectivity index (χ3n) is 3.97. The van der Waals surface area contributed by atoms with E-state index in [1.807, 2.05) is 23.9 Å². The second-order valence-electron chi connectivity index (χ2n) is 5.66. The first-order chi connectivity index (χ1) is 9.68. The minimum atomic E-state index is -0.399. The van der Waals surface area contributed by atoms with Gasteiger partial charge in [-0.2, -0.15) is 0 Å². The number of aliphatic hydroxyl groups excluding tert-OH is 1. The molecule has 3 rings (SSSR count). The van der Waals surface area contributed by atoms with Gasteiger partial charge in [0.1, 0.15) is 13.2 Å². The van der Waals surface area contributed by atoms with Crippen LogP contribution in [0.1, 0.15) is 25.7 Å². The number of aliphatic hydroxyl groups is 1. The van der Waals surface area contributed by atoms with Gasteiger partial charge in [-0.15, -0.1) is 11.8 Å². The zero-order valence-electron chi connectivity index (χ0n) is 11.5. The van der Waals surface area contributed by atoms with Gasteiger partial charge in [-0.05, 0) is 37.5 Å². The zero-order valence-corrected chi connectivity index (χ0v) is 12.3. The Balaban J connectivity index is 1.68. The van der Waals surface area contributed by atoms with E-state index in [9.17, 15) is 5.11 Å². The SMILES string of the molecule is NC1(CO)CCCC(Sc2ccc3c(c2)OCCO3)C1. The first-order valence-corrected chi connectivity index (χ1v) is 8.03. The molecule has 2 atom stereocenters. The van der Waals surface area contributed by atoms with E-state index < -0.39 is 5.54 Å². The highest BCUT2D eigenvalue weighted by molar-refractivity contribution is 8.00. The van der Waals surface area contributed by atoms with E-state index in [1.54, 1.807) is 0 Å². The van der Waals surface area contributed by atoms with Gasteiger partial charge in [-0.3, -0.25) is 0 Å². The number of rotatable bonds is 3. The molecule has 2 aliphatic rings. The van der Waals surface area contributed by atoms with Crippen LogP contribution in [-0.2, 0) is 0 Å². The van der Waals surface area contributed by atoms with Crippen LogP contribution in [0.3, 0.4) is 0 Å². The van der Waals surface area contributed by atoms with Crippen molar-refractivity contribution >= 4 is 11.8 Å². The highest BCUT2D eigenvalue weighted by Crippen LogP contribution is 2.40. The standard InChI is InChI=1S/C15H21NO3S/c16-15(10-17)5-1-2-12(9-15)20-11-3-4-13-14(8-11)19-7-6-18-13/h3-4,8,12,17H,1-2,5-7,9-10,16H2. The maximum Gasteiger partial charge on any atom is 0.162 e. The molecule has 110 valence electrons. The van der Waals surface area contributed by atoms with E-state index in [0.29, 0.717) is 18.5 Å². The average molecular weight is 295 g/mol. The maximum atomic E-state index is 9.42. The first-order valence-electron chi connectivity index (χ1n) is 7.15. The molecule has 1 aliphatic carbocycles. The lowest BCUT2D eigenvalue weighted by molar-refractivity contribution is 0.159. The molecule has 1 fully saturated rings. The molecule has 3 N–H and O–H groups in total. The largest absolute Gasteiger partial charge is 0.486 e. The maximum absolute atomic E-state index is 9.42. The number of thioether (sulfide) groups is 1. The molecule has 4 nitrogen and oxygen atoms in total. The predicted octanol–water partition coefficient (Wildman–Crippen LogP) is 2.18. The van der Waals surface area contributed by atoms with Crippen molar-refractivity contribution in [3.63, 3.8) is 0 Å². The lowest BCUT2D eigenvalue weighted by Gasteiger charge is -2.36. The van der Waals surface area contributed by atoms with Gasteiger partial charge in [-0.25, -0.2) is 0 Å². The van der Waals surface area contributed by atoms with Gasteiger partial charge >= 0.3 is 0 Å². The van der Waals surface area contributed by atoms with Crippen molar-refractivity contribution in [2.45, 2.75) is 41.4 Å². The lowest BCUT2D eigenvalue weighted by atomic mass is 9.83. The fraction of sp³-hybridized carbons (Fsp3) is 0.600. The van der Waals surface area contributed by atoms with Crippen LogP contribution < -0.4 is 15.2 Å². The van der Waals surface area contributed by atoms with Gasteiger partial charge in [0, 0.05) is 15.7 Å². The first kappa shape index (κ1) is 14.0. The van der Waals surface area contributed by atoms with Crippen LogP contribution in [0.15, 0.2) is 23.1 Å². The fourth-order valence-corrected chi connectivity index (χ4v) is 4.28. The molecule has 1 aromatic rings. The van der Waals surface area contributed by atoms with E-state index in [2.05, 4.69) is 6.07 Å². The Hall–Kier alpha value is -0.910. The van der Waals surface area contributed by atoms with Crippen LogP contribution in [0, 0.1) is 0 Å². The van der Waals surface area contributed by atoms with Crippen molar-refractivity contribution in [3.05, 3.63) is 18.2 Å². The molecule has 0 saturated heterocycles. The summed E-state index contributed by atoms with van der Waals surface area (Å²) in [5.41, 5.74) is 5.81. The topological polar surface area (TPSA) is 64.7 Å². The Labute approximate surface area is 123 Å². The van der Waals surface area contributed by atoms with Crippen LogP contribution in [-0.4, -0.2) is 35.7 Å². The summed E-state index contributed by atoms with van der Waals surface area (Å²) in [5.74, 6) is 1.66. The van der Waals surface area contributed by atoms with Gasteiger partial charge in [0.2, 0.25) is 0 Å². The molecule has 0 radical (unpaired) electrons. The molecule has 20 heavy (non-hydrogen) atoms. The number of ether oxygens (including phenoxy) is 2. The van der Waals surface area contributed by atoms with Crippen LogP contribution in [0.4, 0.5) is 0 Å². The molecular weight excluding hydrogens is 274 g/mol. The van der Waals surface area contributed by atoms with Crippen molar-refractivity contribution in [1.29, 1.82) is 0 Å². The molecule has 0 amide bonds. The number of nitrogens with two attached hydrogens (primary N) is 1. The molecule has 1 aliphatic heterocycles. The quantitative estimate of drug-likeness (QED) is 0.895. The monoisotopic (exact) mass is 295 g/mol. The zero-order chi connectivity index (χ0) is 14.0. The van der Waals surface area contributed by atoms with Crippen molar-refractivity contribution in [1.82, 2.24) is 0 Å². The van der Waals surface area contributed by atoms with E-state index in [0.717, 1.165) is 37.2 Å². The van der Waals surface area contributed by atoms with Crippen LogP contribution in [0.25, 0.3) is 0 Å². The third-order valence-corrected chi connectivity index (χ3v) is 5.23. The summed E-state index contributed by atoms with van der Waals surface area (Å²) in [4.78, 5) is 1.18. The van der Waals surface area contributed by atoms with Crippen molar-refractivity contribution < 1.29 is 14.6 Å². The Morgan fingerprint density at radius 1 is 1.30 bits per heavy atom. The Kier molecular flexibility index (Phi) is 4.10. The molecular formula is C15H21NO3S. The molecule has 1 saturated carbocycles. The minimum Gasteiger partial charge on any atom is -0.486 e. The molecule has 1 aromatic carbocycles. The summed E-state index contributed by atoms with van der Waals surface area (Å²) in [6, 6.07) is 6.09. The number of fused-ring (bicyclic) bond motifs is 1. The molecule has 0 aromatic heterocycles. The van der Waals surface area contributed by atoms with Gasteiger partial charge in [0.15, 0.2) is 11.5 Å². The van der Waals surface area contributed by atoms with Gasteiger partial charge < -0.3 is 20.3 Å². The highest BCUT2D eigenvalue weighted by Gasteiger charge is 2.32. The summed E-state index contributed by atoms with van der Waals surface area (Å²) in [6.07, 6.45) is 4.02. The van der Waals surface area contributed by atoms with Crippen LogP contribution in [0.5, 0.6) is 11.5 Å². The smallest absolute Gasteiger partial charge is 0.162 e. The van der Waals surface area contributed by atoms with Crippen LogP contribution >= 0.6 is 11.8 Å². The van der Waals surface area contributed by atoms with Gasteiger partial charge in [0.05, 0.1) is 6.61 Å². The van der Waals surface area contributed by atoms with Crippen molar-refractivity contribution in [2.75, 3.05) is 19.8 Å². The Bertz CT molecular complexity index is 482. The molecule has 5 heteroatoms. The Morgan fingerprint density at radius 2 is 2.10 bits per heavy atom. The average Bonchev–Trinajstić information content (AvgIpc) is 2.47. The van der Waals surface area contributed by atoms with E-state index in [1.165, 1.54) is 4.90 Å². The minimum absolute atomic E-state index is 0.0746. The molecule has 0 spiro atoms. The second kappa shape index (κ2) is 5.84. The van der Waals surface area contributed by atoms with Gasteiger partial charge in [0.25, 0.3) is 0 Å². The third kappa shape index (κ3) is 3.05. The second-order valence-corrected chi connectivity index (χ2v) is 7.04.